The summed E-state index contributed by atoms with van der Waals surface area (Å²) in [4.78, 5) is 12.5. The average molecular weight is 194 g/mol. The number of hydrogen-bond acceptors (Lipinski definition) is 2. The molecule has 2 N–H and O–H groups in total. The van der Waals surface area contributed by atoms with E-state index in [1.807, 2.05) is 0 Å². The zero-order valence-electron chi connectivity index (χ0n) is 7.94. The number of nitrogens with one attached hydrogen (secondary N) is 1. The van der Waals surface area contributed by atoms with Gasteiger partial charge in [-0.3, -0.25) is 0 Å². The van der Waals surface area contributed by atoms with Gasteiger partial charge >= 0.3 is 6.09 Å². The number of likely N-dealkylation sites (tertiary alicyclic amines) is 1. The molecule has 14 heavy (non-hydrogen) atoms. The van der Waals surface area contributed by atoms with Crippen LogP contribution in [0.5, 0.6) is 0 Å². The van der Waals surface area contributed by atoms with Gasteiger partial charge in [-0.2, -0.15) is 0 Å². The molecule has 0 aromatic carbocycles. The summed E-state index contributed by atoms with van der Waals surface area (Å²) in [6, 6.07) is 0. The predicted octanol–water partition coefficient (Wildman–Crippen LogP) is 0.0650. The number of piperidine rings is 1. The molecule has 4 heteroatoms. The predicted molar refractivity (Wildman–Crippen MR) is 51.8 cm³/mol. The van der Waals surface area contributed by atoms with Crippen LogP contribution < -0.4 is 5.32 Å². The summed E-state index contributed by atoms with van der Waals surface area (Å²) in [7, 11) is 0. The molecule has 2 fully saturated rings. The standard InChI is InChI=1S/C10H14N2O2/c1-2-7-8-5-12(6-9(7)8)4-3-11-10(13)14/h1,7-9,11H,3-6H2,(H,13,14)/t7-,8-,9+. The number of terminal acetylenes is 1. The molecule has 1 saturated carbocycles. The minimum Gasteiger partial charge on any atom is -0.465 e. The number of hydrogen-bond donors (Lipinski definition) is 2. The second kappa shape index (κ2) is 3.50. The van der Waals surface area contributed by atoms with Crippen LogP contribution in [0.15, 0.2) is 0 Å². The molecule has 1 aliphatic heterocycles. The second-order valence-corrected chi connectivity index (χ2v) is 4.01. The molecule has 1 saturated heterocycles. The van der Waals surface area contributed by atoms with Crippen LogP contribution in [0, 0.1) is 30.1 Å². The van der Waals surface area contributed by atoms with Gasteiger partial charge in [0.05, 0.1) is 0 Å². The summed E-state index contributed by atoms with van der Waals surface area (Å²) in [6.07, 6.45) is 4.40. The lowest BCUT2D eigenvalue weighted by molar-refractivity contribution is 0.191. The zero-order valence-corrected chi connectivity index (χ0v) is 7.94. The van der Waals surface area contributed by atoms with Crippen molar-refractivity contribution in [3.05, 3.63) is 0 Å². The van der Waals surface area contributed by atoms with Gasteiger partial charge in [-0.05, 0) is 11.8 Å². The lowest BCUT2D eigenvalue weighted by Crippen LogP contribution is -2.34. The van der Waals surface area contributed by atoms with Gasteiger partial charge in [-0.15, -0.1) is 12.3 Å². The van der Waals surface area contributed by atoms with Crippen molar-refractivity contribution >= 4 is 6.09 Å². The van der Waals surface area contributed by atoms with Gasteiger partial charge in [0.1, 0.15) is 0 Å². The number of nitrogens with zero attached hydrogens (tertiary/aromatic N) is 1. The Kier molecular flexibility index (Phi) is 2.34. The van der Waals surface area contributed by atoms with E-state index in [0.29, 0.717) is 24.3 Å². The summed E-state index contributed by atoms with van der Waals surface area (Å²) in [5, 5.41) is 10.7. The number of rotatable bonds is 3. The van der Waals surface area contributed by atoms with Crippen LogP contribution in [0.1, 0.15) is 0 Å². The van der Waals surface area contributed by atoms with E-state index in [1.165, 1.54) is 0 Å². The van der Waals surface area contributed by atoms with E-state index in [1.54, 1.807) is 0 Å². The number of amides is 1. The third-order valence-electron chi connectivity index (χ3n) is 3.17. The third-order valence-corrected chi connectivity index (χ3v) is 3.17. The summed E-state index contributed by atoms with van der Waals surface area (Å²) >= 11 is 0. The van der Waals surface area contributed by atoms with E-state index >= 15 is 0 Å². The van der Waals surface area contributed by atoms with Gasteiger partial charge < -0.3 is 15.3 Å². The highest BCUT2D eigenvalue weighted by atomic mass is 16.4. The first-order valence-corrected chi connectivity index (χ1v) is 4.87. The molecule has 3 atom stereocenters. The molecule has 4 nitrogen and oxygen atoms in total. The minimum atomic E-state index is -0.948. The van der Waals surface area contributed by atoms with Crippen LogP contribution in [-0.2, 0) is 0 Å². The minimum absolute atomic E-state index is 0.499. The Morgan fingerprint density at radius 2 is 2.21 bits per heavy atom. The van der Waals surface area contributed by atoms with Crippen LogP contribution in [0.25, 0.3) is 0 Å². The first-order valence-electron chi connectivity index (χ1n) is 4.87. The van der Waals surface area contributed by atoms with Crippen LogP contribution in [0.4, 0.5) is 4.79 Å². The Labute approximate surface area is 83.3 Å². The number of carbonyl (C=O) groups is 1. The summed E-state index contributed by atoms with van der Waals surface area (Å²) < 4.78 is 0. The summed E-state index contributed by atoms with van der Waals surface area (Å²) in [6.45, 7) is 3.40. The molecule has 0 bridgehead atoms. The van der Waals surface area contributed by atoms with Crippen molar-refractivity contribution < 1.29 is 9.90 Å². The molecule has 2 rings (SSSR count). The molecular formula is C10H14N2O2. The smallest absolute Gasteiger partial charge is 0.404 e. The van der Waals surface area contributed by atoms with Crippen LogP contribution >= 0.6 is 0 Å². The van der Waals surface area contributed by atoms with Crippen molar-refractivity contribution in [1.29, 1.82) is 0 Å². The maximum Gasteiger partial charge on any atom is 0.404 e. The average Bonchev–Trinajstić information content (AvgIpc) is 2.60. The Morgan fingerprint density at radius 1 is 1.57 bits per heavy atom. The van der Waals surface area contributed by atoms with Crippen molar-refractivity contribution in [1.82, 2.24) is 10.2 Å². The molecule has 0 spiro atoms. The normalized spacial score (nSPS) is 34.6. The lowest BCUT2D eigenvalue weighted by atomic mass is 10.3. The molecule has 0 unspecified atom stereocenters. The van der Waals surface area contributed by atoms with E-state index in [9.17, 15) is 4.79 Å². The Hall–Kier alpha value is -1.21. The molecular weight excluding hydrogens is 180 g/mol. The quantitative estimate of drug-likeness (QED) is 0.625. The Balaban J connectivity index is 1.64. The van der Waals surface area contributed by atoms with Crippen LogP contribution in [0.2, 0.25) is 0 Å². The molecule has 0 radical (unpaired) electrons. The fourth-order valence-electron chi connectivity index (χ4n) is 2.36. The van der Waals surface area contributed by atoms with Gasteiger partial charge in [0, 0.05) is 32.1 Å². The number of fused-ring (bicyclic) bond motifs is 1. The van der Waals surface area contributed by atoms with Gasteiger partial charge in [0.2, 0.25) is 0 Å². The van der Waals surface area contributed by atoms with Gasteiger partial charge in [0.15, 0.2) is 0 Å². The van der Waals surface area contributed by atoms with Gasteiger partial charge in [0.25, 0.3) is 0 Å². The van der Waals surface area contributed by atoms with Crippen molar-refractivity contribution in [2.45, 2.75) is 0 Å². The molecule has 0 aromatic rings. The fraction of sp³-hybridized carbons (Fsp3) is 0.700. The first kappa shape index (κ1) is 9.35. The van der Waals surface area contributed by atoms with Crippen molar-refractivity contribution in [3.63, 3.8) is 0 Å². The second-order valence-electron chi connectivity index (χ2n) is 4.01. The van der Waals surface area contributed by atoms with E-state index in [2.05, 4.69) is 16.1 Å². The largest absolute Gasteiger partial charge is 0.465 e. The Bertz CT molecular complexity index is 272. The Morgan fingerprint density at radius 3 is 2.71 bits per heavy atom. The highest BCUT2D eigenvalue weighted by Crippen LogP contribution is 2.50. The van der Waals surface area contributed by atoms with Crippen LogP contribution in [0.3, 0.4) is 0 Å². The molecule has 1 amide bonds. The maximum atomic E-state index is 10.2. The van der Waals surface area contributed by atoms with Crippen LogP contribution in [-0.4, -0.2) is 42.3 Å². The zero-order chi connectivity index (χ0) is 10.1. The van der Waals surface area contributed by atoms with Crippen molar-refractivity contribution in [2.24, 2.45) is 17.8 Å². The van der Waals surface area contributed by atoms with E-state index < -0.39 is 6.09 Å². The first-order chi connectivity index (χ1) is 6.72. The van der Waals surface area contributed by atoms with E-state index in [0.717, 1.165) is 19.6 Å². The fourth-order valence-corrected chi connectivity index (χ4v) is 2.36. The SMILES string of the molecule is C#C[C@@H]1[C@H]2CN(CCNC(=O)O)C[C@@H]12. The molecule has 1 heterocycles. The topological polar surface area (TPSA) is 52.6 Å². The highest BCUT2D eigenvalue weighted by Gasteiger charge is 2.54. The molecule has 76 valence electrons. The molecule has 2 aliphatic rings. The van der Waals surface area contributed by atoms with Gasteiger partial charge in [-0.25, -0.2) is 4.79 Å². The monoisotopic (exact) mass is 194 g/mol. The number of carboxylic acid groups (broad SMARTS) is 1. The summed E-state index contributed by atoms with van der Waals surface area (Å²) in [5.74, 6) is 4.67. The molecule has 0 aromatic heterocycles. The van der Waals surface area contributed by atoms with Crippen molar-refractivity contribution in [2.75, 3.05) is 26.2 Å². The third kappa shape index (κ3) is 1.68. The highest BCUT2D eigenvalue weighted by molar-refractivity contribution is 5.64. The van der Waals surface area contributed by atoms with Crippen molar-refractivity contribution in [3.8, 4) is 12.3 Å². The summed E-state index contributed by atoms with van der Waals surface area (Å²) in [5.41, 5.74) is 0. The van der Waals surface area contributed by atoms with Gasteiger partial charge in [-0.1, -0.05) is 0 Å². The maximum absolute atomic E-state index is 10.2. The van der Waals surface area contributed by atoms with E-state index in [-0.39, 0.29) is 0 Å². The molecule has 1 aliphatic carbocycles. The lowest BCUT2D eigenvalue weighted by Gasteiger charge is -2.17. The van der Waals surface area contributed by atoms with E-state index in [4.69, 9.17) is 11.5 Å².